The fourth-order valence-electron chi connectivity index (χ4n) is 5.26. The summed E-state index contributed by atoms with van der Waals surface area (Å²) < 4.78 is 42.7. The average Bonchev–Trinajstić information content (AvgIpc) is 3.57. The molecule has 4 aromatic rings. The maximum atomic E-state index is 13.6. The summed E-state index contributed by atoms with van der Waals surface area (Å²) in [6.07, 6.45) is 1.81. The summed E-state index contributed by atoms with van der Waals surface area (Å²) in [5.41, 5.74) is 7.16. The van der Waals surface area contributed by atoms with Crippen molar-refractivity contribution in [2.45, 2.75) is 59.2 Å². The summed E-state index contributed by atoms with van der Waals surface area (Å²) in [4.78, 5) is 10.9. The SMILES string of the molecule is C=N/C=C(\C=NCc1c(CCNC)nn(-c2c(C)cccc2CCC)c1-c1cc(CC)c(Cl)c2[nH]ccc12)C(F)(F)F. The number of benzene rings is 2. The zero-order valence-corrected chi connectivity index (χ0v) is 25.1. The largest absolute Gasteiger partial charge is 0.419 e. The molecule has 2 aromatic heterocycles. The predicted molar refractivity (Wildman–Crippen MR) is 167 cm³/mol. The highest BCUT2D eigenvalue weighted by Crippen LogP contribution is 2.40. The molecule has 0 fully saturated rings. The second-order valence-electron chi connectivity index (χ2n) is 10.1. The predicted octanol–water partition coefficient (Wildman–Crippen LogP) is 7.98. The normalized spacial score (nSPS) is 12.6. The van der Waals surface area contributed by atoms with Gasteiger partial charge in [-0.3, -0.25) is 9.98 Å². The number of allylic oxidation sites excluding steroid dienone is 1. The van der Waals surface area contributed by atoms with Gasteiger partial charge in [0, 0.05) is 48.1 Å². The summed E-state index contributed by atoms with van der Waals surface area (Å²) in [7, 11) is 1.86. The molecular formula is C32H36ClF3N6. The highest BCUT2D eigenvalue weighted by Gasteiger charge is 2.32. The van der Waals surface area contributed by atoms with Crippen molar-refractivity contribution in [3.8, 4) is 16.9 Å². The van der Waals surface area contributed by atoms with Crippen LogP contribution in [0, 0.1) is 6.92 Å². The Morgan fingerprint density at radius 1 is 1.19 bits per heavy atom. The molecule has 222 valence electrons. The topological polar surface area (TPSA) is 70.4 Å². The third-order valence-corrected chi connectivity index (χ3v) is 7.69. The maximum Gasteiger partial charge on any atom is 0.419 e. The van der Waals surface area contributed by atoms with Gasteiger partial charge in [-0.2, -0.15) is 18.3 Å². The van der Waals surface area contributed by atoms with Crippen LogP contribution in [0.4, 0.5) is 13.2 Å². The van der Waals surface area contributed by atoms with Crippen molar-refractivity contribution >= 4 is 35.4 Å². The Balaban J connectivity index is 2.07. The molecule has 10 heteroatoms. The van der Waals surface area contributed by atoms with E-state index in [4.69, 9.17) is 16.7 Å². The van der Waals surface area contributed by atoms with E-state index < -0.39 is 11.7 Å². The molecule has 0 saturated heterocycles. The minimum Gasteiger partial charge on any atom is -0.360 e. The number of aromatic nitrogens is 3. The van der Waals surface area contributed by atoms with Gasteiger partial charge in [0.05, 0.1) is 39.7 Å². The fraction of sp³-hybridized carbons (Fsp3) is 0.344. The lowest BCUT2D eigenvalue weighted by atomic mass is 9.96. The molecule has 0 aliphatic rings. The molecule has 0 aliphatic heterocycles. The lowest BCUT2D eigenvalue weighted by Crippen LogP contribution is -2.13. The van der Waals surface area contributed by atoms with Gasteiger partial charge in [-0.05, 0) is 62.4 Å². The molecule has 2 N–H and O–H groups in total. The van der Waals surface area contributed by atoms with E-state index in [9.17, 15) is 13.2 Å². The second kappa shape index (κ2) is 13.5. The van der Waals surface area contributed by atoms with Crippen LogP contribution in [0.3, 0.4) is 0 Å². The van der Waals surface area contributed by atoms with E-state index in [1.807, 2.05) is 37.0 Å². The summed E-state index contributed by atoms with van der Waals surface area (Å²) in [5.74, 6) is 0. The Hall–Kier alpha value is -3.69. The Labute approximate surface area is 249 Å². The monoisotopic (exact) mass is 596 g/mol. The van der Waals surface area contributed by atoms with Crippen LogP contribution >= 0.6 is 11.6 Å². The number of hydrogen-bond donors (Lipinski definition) is 2. The van der Waals surface area contributed by atoms with Crippen LogP contribution in [0.5, 0.6) is 0 Å². The van der Waals surface area contributed by atoms with E-state index in [0.717, 1.165) is 74.9 Å². The standard InChI is InChI=1S/C32H36ClF3N6/c1-6-9-22-11-8-10-20(3)30(22)42-31(25-16-21(7-2)28(33)29-24(25)12-15-40-29)26(27(41-42)13-14-37-4)19-39-18-23(17-38-5)32(34,35)36/h8,10-12,15-18,37,40H,5-7,9,13-14,19H2,1-4H3/b23-17+,39-18?. The van der Waals surface area contributed by atoms with Crippen molar-refractivity contribution in [2.24, 2.45) is 9.98 Å². The molecule has 0 atom stereocenters. The van der Waals surface area contributed by atoms with Crippen LogP contribution in [0.25, 0.3) is 27.8 Å². The molecule has 0 spiro atoms. The minimum absolute atomic E-state index is 0.00998. The van der Waals surface area contributed by atoms with Gasteiger partial charge in [0.2, 0.25) is 0 Å². The highest BCUT2D eigenvalue weighted by atomic mass is 35.5. The molecule has 2 heterocycles. The molecular weight excluding hydrogens is 561 g/mol. The van der Waals surface area contributed by atoms with Crippen molar-refractivity contribution in [1.29, 1.82) is 0 Å². The first-order chi connectivity index (χ1) is 20.2. The van der Waals surface area contributed by atoms with Crippen molar-refractivity contribution in [1.82, 2.24) is 20.1 Å². The number of aliphatic imine (C=N–C) groups is 2. The van der Waals surface area contributed by atoms with Crippen LogP contribution < -0.4 is 5.32 Å². The molecule has 0 aliphatic carbocycles. The number of H-pyrrole nitrogens is 1. The number of halogens is 4. The number of rotatable bonds is 12. The zero-order valence-electron chi connectivity index (χ0n) is 24.4. The van der Waals surface area contributed by atoms with E-state index in [0.29, 0.717) is 30.6 Å². The number of fused-ring (bicyclic) bond motifs is 1. The number of alkyl halides is 3. The van der Waals surface area contributed by atoms with Gasteiger partial charge in [-0.15, -0.1) is 0 Å². The van der Waals surface area contributed by atoms with Gasteiger partial charge in [0.15, 0.2) is 0 Å². The lowest BCUT2D eigenvalue weighted by Gasteiger charge is -2.18. The molecule has 0 amide bonds. The van der Waals surface area contributed by atoms with Crippen molar-refractivity contribution in [3.63, 3.8) is 0 Å². The van der Waals surface area contributed by atoms with Crippen LogP contribution in [0.15, 0.2) is 58.3 Å². The molecule has 6 nitrogen and oxygen atoms in total. The summed E-state index contributed by atoms with van der Waals surface area (Å²) in [6, 6.07) is 10.2. The summed E-state index contributed by atoms with van der Waals surface area (Å²) in [5, 5.41) is 9.87. The number of para-hydroxylation sites is 1. The number of aromatic amines is 1. The Kier molecular flexibility index (Phi) is 10.1. The van der Waals surface area contributed by atoms with Gasteiger partial charge < -0.3 is 10.3 Å². The summed E-state index contributed by atoms with van der Waals surface area (Å²) >= 11 is 6.78. The number of aryl methyl sites for hydroxylation is 3. The first-order valence-electron chi connectivity index (χ1n) is 14.0. The zero-order chi connectivity index (χ0) is 30.4. The summed E-state index contributed by atoms with van der Waals surface area (Å²) in [6.45, 7) is 10.0. The average molecular weight is 597 g/mol. The first-order valence-corrected chi connectivity index (χ1v) is 14.4. The number of likely N-dealkylation sites (N-methyl/N-ethyl adjacent to an activating group) is 1. The van der Waals surface area contributed by atoms with Gasteiger partial charge in [-0.1, -0.05) is 50.1 Å². The molecule has 4 rings (SSSR count). The van der Waals surface area contributed by atoms with Crippen LogP contribution in [0.2, 0.25) is 5.02 Å². The van der Waals surface area contributed by atoms with Crippen LogP contribution in [-0.2, 0) is 25.8 Å². The molecule has 2 aromatic carbocycles. The number of nitrogens with zero attached hydrogens (tertiary/aromatic N) is 4. The van der Waals surface area contributed by atoms with Gasteiger partial charge in [0.1, 0.15) is 0 Å². The fourth-order valence-corrected chi connectivity index (χ4v) is 5.60. The molecule has 0 saturated carbocycles. The first kappa shape index (κ1) is 31.3. The van der Waals surface area contributed by atoms with Gasteiger partial charge in [-0.25, -0.2) is 4.68 Å². The molecule has 0 unspecified atom stereocenters. The Morgan fingerprint density at radius 2 is 1.98 bits per heavy atom. The Bertz CT molecular complexity index is 1630. The molecule has 42 heavy (non-hydrogen) atoms. The van der Waals surface area contributed by atoms with Gasteiger partial charge in [0.25, 0.3) is 0 Å². The van der Waals surface area contributed by atoms with Crippen LogP contribution in [-0.4, -0.2) is 47.5 Å². The number of nitrogens with one attached hydrogen (secondary N) is 2. The van der Waals surface area contributed by atoms with E-state index in [-0.39, 0.29) is 6.54 Å². The second-order valence-corrected chi connectivity index (χ2v) is 10.5. The van der Waals surface area contributed by atoms with Crippen molar-refractivity contribution in [3.05, 3.63) is 81.3 Å². The number of hydrogen-bond acceptors (Lipinski definition) is 4. The van der Waals surface area contributed by atoms with Crippen molar-refractivity contribution < 1.29 is 13.2 Å². The van der Waals surface area contributed by atoms with Gasteiger partial charge >= 0.3 is 6.18 Å². The van der Waals surface area contributed by atoms with Crippen molar-refractivity contribution in [2.75, 3.05) is 13.6 Å². The molecule has 0 bridgehead atoms. The smallest absolute Gasteiger partial charge is 0.360 e. The highest BCUT2D eigenvalue weighted by molar-refractivity contribution is 6.36. The maximum absolute atomic E-state index is 13.6. The lowest BCUT2D eigenvalue weighted by molar-refractivity contribution is -0.0857. The third-order valence-electron chi connectivity index (χ3n) is 7.26. The third kappa shape index (κ3) is 6.37. The van der Waals surface area contributed by atoms with E-state index in [2.05, 4.69) is 59.0 Å². The Morgan fingerprint density at radius 3 is 2.64 bits per heavy atom. The van der Waals surface area contributed by atoms with E-state index >= 15 is 0 Å². The van der Waals surface area contributed by atoms with E-state index in [1.54, 1.807) is 0 Å². The van der Waals surface area contributed by atoms with Crippen LogP contribution in [0.1, 0.15) is 48.2 Å². The van der Waals surface area contributed by atoms with E-state index in [1.165, 1.54) is 0 Å². The molecule has 0 radical (unpaired) electrons. The minimum atomic E-state index is -4.60. The quantitative estimate of drug-likeness (QED) is 0.163.